The van der Waals surface area contributed by atoms with Gasteiger partial charge in [-0.1, -0.05) is 41.4 Å². The van der Waals surface area contributed by atoms with Crippen LogP contribution < -0.4 is 0 Å². The molecule has 0 spiro atoms. The zero-order chi connectivity index (χ0) is 18.0. The molecule has 0 saturated carbocycles. The first-order chi connectivity index (χ1) is 11.9. The van der Waals surface area contributed by atoms with E-state index in [4.69, 9.17) is 16.3 Å². The lowest BCUT2D eigenvalue weighted by Crippen LogP contribution is -2.07. The molecule has 3 aromatic rings. The number of hydrogen-bond acceptors (Lipinski definition) is 5. The van der Waals surface area contributed by atoms with Gasteiger partial charge in [0.15, 0.2) is 0 Å². The first-order valence-electron chi connectivity index (χ1n) is 7.80. The maximum atomic E-state index is 12.4. The second kappa shape index (κ2) is 7.37. The van der Waals surface area contributed by atoms with Gasteiger partial charge in [-0.05, 0) is 26.3 Å². The molecule has 0 amide bonds. The second-order valence-electron chi connectivity index (χ2n) is 5.83. The highest BCUT2D eigenvalue weighted by molar-refractivity contribution is 7.09. The molecule has 5 nitrogen and oxygen atoms in total. The van der Waals surface area contributed by atoms with Crippen molar-refractivity contribution < 1.29 is 9.53 Å². The molecular formula is C18H18ClN3O2S. The molecule has 2 heterocycles. The SMILES string of the molecule is Cc1ccc(Cn2nc(C)c(C(=O)OCc3csc(C)n3)c2Cl)cc1. The zero-order valence-electron chi connectivity index (χ0n) is 14.2. The van der Waals surface area contributed by atoms with Gasteiger partial charge < -0.3 is 4.74 Å². The molecule has 2 aromatic heterocycles. The monoisotopic (exact) mass is 375 g/mol. The minimum Gasteiger partial charge on any atom is -0.455 e. The zero-order valence-corrected chi connectivity index (χ0v) is 15.8. The number of nitrogens with zero attached hydrogens (tertiary/aromatic N) is 3. The number of hydrogen-bond donors (Lipinski definition) is 0. The van der Waals surface area contributed by atoms with Crippen molar-refractivity contribution in [1.29, 1.82) is 0 Å². The third-order valence-corrected chi connectivity index (χ3v) is 4.95. The summed E-state index contributed by atoms with van der Waals surface area (Å²) in [5.41, 5.74) is 3.84. The number of esters is 1. The summed E-state index contributed by atoms with van der Waals surface area (Å²) >= 11 is 7.90. The van der Waals surface area contributed by atoms with E-state index < -0.39 is 5.97 Å². The van der Waals surface area contributed by atoms with E-state index in [9.17, 15) is 4.79 Å². The lowest BCUT2D eigenvalue weighted by atomic mass is 10.1. The van der Waals surface area contributed by atoms with Gasteiger partial charge in [0.2, 0.25) is 0 Å². The maximum Gasteiger partial charge on any atom is 0.343 e. The van der Waals surface area contributed by atoms with Crippen LogP contribution >= 0.6 is 22.9 Å². The maximum absolute atomic E-state index is 12.4. The second-order valence-corrected chi connectivity index (χ2v) is 7.25. The number of aromatic nitrogens is 3. The quantitative estimate of drug-likeness (QED) is 0.623. The van der Waals surface area contributed by atoms with Crippen molar-refractivity contribution >= 4 is 28.9 Å². The number of ether oxygens (including phenoxy) is 1. The normalized spacial score (nSPS) is 10.9. The number of aryl methyl sites for hydroxylation is 3. The van der Waals surface area contributed by atoms with Crippen molar-refractivity contribution in [3.8, 4) is 0 Å². The Morgan fingerprint density at radius 2 is 1.96 bits per heavy atom. The Labute approximate surface area is 155 Å². The molecule has 0 unspecified atom stereocenters. The fraction of sp³-hybridized carbons (Fsp3) is 0.278. The molecule has 0 saturated heterocycles. The van der Waals surface area contributed by atoms with Crippen molar-refractivity contribution in [3.63, 3.8) is 0 Å². The van der Waals surface area contributed by atoms with Gasteiger partial charge in [0.1, 0.15) is 17.3 Å². The average molecular weight is 376 g/mol. The van der Waals surface area contributed by atoms with E-state index in [1.165, 1.54) is 16.9 Å². The predicted octanol–water partition coefficient (Wildman–Crippen LogP) is 4.32. The van der Waals surface area contributed by atoms with Crippen LogP contribution in [-0.4, -0.2) is 20.7 Å². The topological polar surface area (TPSA) is 57.0 Å². The lowest BCUT2D eigenvalue weighted by molar-refractivity contribution is 0.0467. The number of halogens is 1. The van der Waals surface area contributed by atoms with Gasteiger partial charge >= 0.3 is 5.97 Å². The fourth-order valence-corrected chi connectivity index (χ4v) is 3.35. The van der Waals surface area contributed by atoms with Crippen LogP contribution in [-0.2, 0) is 17.9 Å². The molecule has 0 radical (unpaired) electrons. The Balaban J connectivity index is 1.74. The van der Waals surface area contributed by atoms with E-state index >= 15 is 0 Å². The molecule has 3 rings (SSSR count). The van der Waals surface area contributed by atoms with Crippen molar-refractivity contribution in [2.24, 2.45) is 0 Å². The van der Waals surface area contributed by atoms with E-state index in [0.717, 1.165) is 16.3 Å². The third-order valence-electron chi connectivity index (χ3n) is 3.74. The van der Waals surface area contributed by atoms with Crippen molar-refractivity contribution in [2.75, 3.05) is 0 Å². The molecule has 1 aromatic carbocycles. The first-order valence-corrected chi connectivity index (χ1v) is 9.06. The number of carbonyl (C=O) groups excluding carboxylic acids is 1. The summed E-state index contributed by atoms with van der Waals surface area (Å²) in [6, 6.07) is 8.10. The van der Waals surface area contributed by atoms with E-state index in [-0.39, 0.29) is 11.8 Å². The molecule has 0 N–H and O–H groups in total. The highest BCUT2D eigenvalue weighted by atomic mass is 35.5. The minimum absolute atomic E-state index is 0.127. The molecule has 0 atom stereocenters. The molecular weight excluding hydrogens is 358 g/mol. The molecule has 0 aliphatic carbocycles. The Morgan fingerprint density at radius 3 is 2.60 bits per heavy atom. The molecule has 7 heteroatoms. The van der Waals surface area contributed by atoms with Gasteiger partial charge in [-0.2, -0.15) is 5.10 Å². The summed E-state index contributed by atoms with van der Waals surface area (Å²) < 4.78 is 6.95. The van der Waals surface area contributed by atoms with Crippen LogP contribution in [0.3, 0.4) is 0 Å². The highest BCUT2D eigenvalue weighted by Gasteiger charge is 2.22. The number of carbonyl (C=O) groups is 1. The van der Waals surface area contributed by atoms with Gasteiger partial charge in [-0.25, -0.2) is 14.5 Å². The fourth-order valence-electron chi connectivity index (χ4n) is 2.44. The summed E-state index contributed by atoms with van der Waals surface area (Å²) in [5.74, 6) is -0.483. The van der Waals surface area contributed by atoms with Crippen LogP contribution in [0.5, 0.6) is 0 Å². The van der Waals surface area contributed by atoms with Crippen LogP contribution in [0.2, 0.25) is 5.15 Å². The van der Waals surface area contributed by atoms with Gasteiger partial charge in [-0.15, -0.1) is 11.3 Å². The molecule has 0 aliphatic heterocycles. The van der Waals surface area contributed by atoms with Crippen molar-refractivity contribution in [3.05, 3.63) is 67.9 Å². The van der Waals surface area contributed by atoms with E-state index in [1.807, 2.05) is 43.5 Å². The summed E-state index contributed by atoms with van der Waals surface area (Å²) in [5, 5.41) is 7.48. The minimum atomic E-state index is -0.483. The van der Waals surface area contributed by atoms with Crippen LogP contribution in [0.4, 0.5) is 0 Å². The molecule has 25 heavy (non-hydrogen) atoms. The molecule has 0 aliphatic rings. The smallest absolute Gasteiger partial charge is 0.343 e. The number of benzene rings is 1. The standard InChI is InChI=1S/C18H18ClN3O2S/c1-11-4-6-14(7-5-11)8-22-17(19)16(12(2)21-22)18(23)24-9-15-10-25-13(3)20-15/h4-7,10H,8-9H2,1-3H3. The van der Waals surface area contributed by atoms with Crippen LogP contribution in [0.1, 0.15) is 37.9 Å². The van der Waals surface area contributed by atoms with Crippen molar-refractivity contribution in [1.82, 2.24) is 14.8 Å². The van der Waals surface area contributed by atoms with Gasteiger partial charge in [0, 0.05) is 5.38 Å². The highest BCUT2D eigenvalue weighted by Crippen LogP contribution is 2.22. The summed E-state index contributed by atoms with van der Waals surface area (Å²) in [6.45, 7) is 6.32. The largest absolute Gasteiger partial charge is 0.455 e. The molecule has 0 fully saturated rings. The Bertz CT molecular complexity index is 900. The Morgan fingerprint density at radius 1 is 1.24 bits per heavy atom. The third kappa shape index (κ3) is 4.08. The summed E-state index contributed by atoms with van der Waals surface area (Å²) in [6.07, 6.45) is 0. The van der Waals surface area contributed by atoms with E-state index in [2.05, 4.69) is 10.1 Å². The van der Waals surface area contributed by atoms with E-state index in [0.29, 0.717) is 17.8 Å². The Kier molecular flexibility index (Phi) is 5.20. The van der Waals surface area contributed by atoms with E-state index in [1.54, 1.807) is 11.6 Å². The predicted molar refractivity (Wildman–Crippen MR) is 98.2 cm³/mol. The number of rotatable bonds is 5. The summed E-state index contributed by atoms with van der Waals surface area (Å²) in [7, 11) is 0. The van der Waals surface area contributed by atoms with Gasteiger partial charge in [0.05, 0.1) is 22.9 Å². The molecule has 130 valence electrons. The lowest BCUT2D eigenvalue weighted by Gasteiger charge is -2.05. The van der Waals surface area contributed by atoms with Crippen LogP contribution in [0.15, 0.2) is 29.6 Å². The average Bonchev–Trinajstić information content (AvgIpc) is 3.11. The Hall–Kier alpha value is -2.18. The van der Waals surface area contributed by atoms with Crippen molar-refractivity contribution in [2.45, 2.75) is 33.9 Å². The first kappa shape index (κ1) is 17.6. The van der Waals surface area contributed by atoms with Gasteiger partial charge in [-0.3, -0.25) is 0 Å². The molecule has 0 bridgehead atoms. The van der Waals surface area contributed by atoms with Gasteiger partial charge in [0.25, 0.3) is 0 Å². The van der Waals surface area contributed by atoms with Crippen LogP contribution in [0.25, 0.3) is 0 Å². The van der Waals surface area contributed by atoms with Crippen LogP contribution in [0, 0.1) is 20.8 Å². The number of thiazole rings is 1. The summed E-state index contributed by atoms with van der Waals surface area (Å²) in [4.78, 5) is 16.7.